The first-order chi connectivity index (χ1) is 7.15. The van der Waals surface area contributed by atoms with E-state index in [1.807, 2.05) is 18.2 Å². The molecule has 1 aromatic rings. The molecular weight excluding hydrogens is 254 g/mol. The van der Waals surface area contributed by atoms with Crippen molar-refractivity contribution in [2.75, 3.05) is 13.7 Å². The van der Waals surface area contributed by atoms with Gasteiger partial charge >= 0.3 is 0 Å². The van der Waals surface area contributed by atoms with Gasteiger partial charge in [-0.25, -0.2) is 0 Å². The molecule has 84 valence electrons. The van der Waals surface area contributed by atoms with Gasteiger partial charge in [0.25, 0.3) is 0 Å². The Morgan fingerprint density at radius 3 is 2.40 bits per heavy atom. The number of methoxy groups -OCH3 is 1. The molecule has 0 amide bonds. The summed E-state index contributed by atoms with van der Waals surface area (Å²) in [7, 11) is 1.64. The van der Waals surface area contributed by atoms with Gasteiger partial charge in [-0.05, 0) is 30.5 Å². The van der Waals surface area contributed by atoms with Gasteiger partial charge in [0.1, 0.15) is 0 Å². The average molecular weight is 268 g/mol. The van der Waals surface area contributed by atoms with Gasteiger partial charge in [0.2, 0.25) is 0 Å². The quantitative estimate of drug-likeness (QED) is 0.727. The number of benzene rings is 1. The Hall–Kier alpha value is 0.0500. The van der Waals surface area contributed by atoms with Crippen LogP contribution in [0.25, 0.3) is 0 Å². The molecule has 0 aliphatic rings. The zero-order valence-corrected chi connectivity index (χ0v) is 10.7. The summed E-state index contributed by atoms with van der Waals surface area (Å²) in [6.07, 6.45) is 1.58. The molecule has 0 heterocycles. The number of rotatable bonds is 5. The molecule has 0 saturated heterocycles. The van der Waals surface area contributed by atoms with Crippen LogP contribution in [0.1, 0.15) is 12.0 Å². The van der Waals surface area contributed by atoms with E-state index in [2.05, 4.69) is 0 Å². The Morgan fingerprint density at radius 2 is 1.87 bits per heavy atom. The summed E-state index contributed by atoms with van der Waals surface area (Å²) in [4.78, 5) is 0. The molecule has 0 fully saturated rings. The largest absolute Gasteiger partial charge is 0.383 e. The van der Waals surface area contributed by atoms with E-state index in [0.29, 0.717) is 16.7 Å². The minimum Gasteiger partial charge on any atom is -0.383 e. The highest BCUT2D eigenvalue weighted by atomic mass is 35.5. The van der Waals surface area contributed by atoms with Gasteiger partial charge in [-0.1, -0.05) is 29.3 Å². The highest BCUT2D eigenvalue weighted by Gasteiger charge is 2.09. The van der Waals surface area contributed by atoms with Crippen LogP contribution in [0.5, 0.6) is 0 Å². The maximum atomic E-state index is 6.03. The summed E-state index contributed by atoms with van der Waals surface area (Å²) in [5, 5.41) is 1.40. The first-order valence-electron chi connectivity index (χ1n) is 4.71. The molecule has 1 unspecified atom stereocenters. The summed E-state index contributed by atoms with van der Waals surface area (Å²) in [6.45, 7) is 0.545. The molecule has 15 heavy (non-hydrogen) atoms. The lowest BCUT2D eigenvalue weighted by molar-refractivity contribution is 0.195. The smallest absolute Gasteiger partial charge is 0.0626 e. The van der Waals surface area contributed by atoms with Gasteiger partial charge in [0.05, 0.1) is 12.0 Å². The van der Waals surface area contributed by atoms with Crippen molar-refractivity contribution in [3.8, 4) is 0 Å². The Bertz CT molecular complexity index is 294. The fourth-order valence-electron chi connectivity index (χ4n) is 1.34. The standard InChI is InChI=1S/C11H13Cl3O/c1-15-7-8(12)5-6-9-10(13)3-2-4-11(9)14/h2-4,8H,5-7H2,1H3. The second-order valence-corrected chi connectivity index (χ2v) is 4.72. The van der Waals surface area contributed by atoms with Crippen molar-refractivity contribution >= 4 is 34.8 Å². The molecular formula is C11H13Cl3O. The second-order valence-electron chi connectivity index (χ2n) is 3.29. The average Bonchev–Trinajstić information content (AvgIpc) is 2.17. The second kappa shape index (κ2) is 6.59. The number of hydrogen-bond acceptors (Lipinski definition) is 1. The molecule has 0 saturated carbocycles. The van der Waals surface area contributed by atoms with Crippen LogP contribution in [0, 0.1) is 0 Å². The maximum absolute atomic E-state index is 6.03. The molecule has 1 aromatic carbocycles. The van der Waals surface area contributed by atoms with Gasteiger partial charge in [-0.2, -0.15) is 0 Å². The predicted molar refractivity (Wildman–Crippen MR) is 66.3 cm³/mol. The highest BCUT2D eigenvalue weighted by molar-refractivity contribution is 6.36. The summed E-state index contributed by atoms with van der Waals surface area (Å²) in [5.74, 6) is 0. The molecule has 0 aliphatic carbocycles. The summed E-state index contributed by atoms with van der Waals surface area (Å²) in [6, 6.07) is 5.51. The molecule has 1 rings (SSSR count). The Morgan fingerprint density at radius 1 is 1.27 bits per heavy atom. The van der Waals surface area contributed by atoms with Gasteiger partial charge in [-0.3, -0.25) is 0 Å². The molecule has 0 bridgehead atoms. The van der Waals surface area contributed by atoms with Crippen molar-refractivity contribution in [3.05, 3.63) is 33.8 Å². The lowest BCUT2D eigenvalue weighted by Gasteiger charge is -2.10. The molecule has 0 radical (unpaired) electrons. The first-order valence-corrected chi connectivity index (χ1v) is 5.90. The van der Waals surface area contributed by atoms with Crippen molar-refractivity contribution in [2.24, 2.45) is 0 Å². The molecule has 0 N–H and O–H groups in total. The monoisotopic (exact) mass is 266 g/mol. The number of alkyl halides is 1. The molecule has 0 aromatic heterocycles. The highest BCUT2D eigenvalue weighted by Crippen LogP contribution is 2.26. The molecule has 0 spiro atoms. The van der Waals surface area contributed by atoms with Crippen molar-refractivity contribution in [2.45, 2.75) is 18.2 Å². The van der Waals surface area contributed by atoms with Crippen LogP contribution in [-0.4, -0.2) is 19.1 Å². The van der Waals surface area contributed by atoms with E-state index in [1.54, 1.807) is 7.11 Å². The zero-order valence-electron chi connectivity index (χ0n) is 8.47. The summed E-state index contributed by atoms with van der Waals surface area (Å²) < 4.78 is 4.95. The van der Waals surface area contributed by atoms with Crippen LogP contribution in [0.2, 0.25) is 10.0 Å². The van der Waals surface area contributed by atoms with E-state index in [0.717, 1.165) is 18.4 Å². The molecule has 4 heteroatoms. The van der Waals surface area contributed by atoms with Crippen LogP contribution in [0.4, 0.5) is 0 Å². The van der Waals surface area contributed by atoms with Crippen molar-refractivity contribution < 1.29 is 4.74 Å². The van der Waals surface area contributed by atoms with E-state index >= 15 is 0 Å². The van der Waals surface area contributed by atoms with Crippen LogP contribution < -0.4 is 0 Å². The Labute approximate surface area is 105 Å². The Balaban J connectivity index is 2.57. The van der Waals surface area contributed by atoms with Crippen molar-refractivity contribution in [3.63, 3.8) is 0 Å². The zero-order chi connectivity index (χ0) is 11.3. The van der Waals surface area contributed by atoms with Crippen LogP contribution in [-0.2, 0) is 11.2 Å². The maximum Gasteiger partial charge on any atom is 0.0626 e. The molecule has 1 atom stereocenters. The number of hydrogen-bond donors (Lipinski definition) is 0. The van der Waals surface area contributed by atoms with Gasteiger partial charge in [0, 0.05) is 17.2 Å². The first kappa shape index (κ1) is 13.1. The van der Waals surface area contributed by atoms with E-state index in [-0.39, 0.29) is 5.38 Å². The van der Waals surface area contributed by atoms with Crippen molar-refractivity contribution in [1.82, 2.24) is 0 Å². The van der Waals surface area contributed by atoms with Gasteiger partial charge in [-0.15, -0.1) is 11.6 Å². The Kier molecular flexibility index (Phi) is 5.77. The van der Waals surface area contributed by atoms with E-state index in [9.17, 15) is 0 Å². The molecule has 0 aliphatic heterocycles. The van der Waals surface area contributed by atoms with Crippen LogP contribution >= 0.6 is 34.8 Å². The third kappa shape index (κ3) is 4.20. The van der Waals surface area contributed by atoms with Crippen LogP contribution in [0.15, 0.2) is 18.2 Å². The summed E-state index contributed by atoms with van der Waals surface area (Å²) >= 11 is 18.1. The third-order valence-corrected chi connectivity index (χ3v) is 3.17. The normalized spacial score (nSPS) is 12.8. The van der Waals surface area contributed by atoms with Crippen molar-refractivity contribution in [1.29, 1.82) is 0 Å². The minimum absolute atomic E-state index is 0.00217. The fourth-order valence-corrected chi connectivity index (χ4v) is 2.16. The van der Waals surface area contributed by atoms with E-state index in [1.165, 1.54) is 0 Å². The SMILES string of the molecule is COCC(Cl)CCc1c(Cl)cccc1Cl. The fraction of sp³-hybridized carbons (Fsp3) is 0.455. The lowest BCUT2D eigenvalue weighted by atomic mass is 10.1. The molecule has 1 nitrogen and oxygen atoms in total. The van der Waals surface area contributed by atoms with Gasteiger partial charge < -0.3 is 4.74 Å². The lowest BCUT2D eigenvalue weighted by Crippen LogP contribution is -2.08. The summed E-state index contributed by atoms with van der Waals surface area (Å²) in [5.41, 5.74) is 0.961. The van der Waals surface area contributed by atoms with E-state index in [4.69, 9.17) is 39.5 Å². The predicted octanol–water partition coefficient (Wildman–Crippen LogP) is 4.18. The minimum atomic E-state index is 0.00217. The van der Waals surface area contributed by atoms with E-state index < -0.39 is 0 Å². The number of halogens is 3. The third-order valence-electron chi connectivity index (χ3n) is 2.12. The topological polar surface area (TPSA) is 9.23 Å². The van der Waals surface area contributed by atoms with Crippen LogP contribution in [0.3, 0.4) is 0 Å². The number of ether oxygens (including phenoxy) is 1. The van der Waals surface area contributed by atoms with Gasteiger partial charge in [0.15, 0.2) is 0 Å².